The summed E-state index contributed by atoms with van der Waals surface area (Å²) < 4.78 is 0. The first-order valence-electron chi connectivity index (χ1n) is 7.25. The molecule has 4 nitrogen and oxygen atoms in total. The summed E-state index contributed by atoms with van der Waals surface area (Å²) in [4.78, 5) is 20.1. The molecule has 1 amide bonds. The lowest BCUT2D eigenvalue weighted by Gasteiger charge is -2.05. The first kappa shape index (κ1) is 13.3. The van der Waals surface area contributed by atoms with Crippen molar-refractivity contribution in [1.29, 1.82) is 0 Å². The number of fused-ring (bicyclic) bond motifs is 1. The number of aromatic nitrogens is 2. The van der Waals surface area contributed by atoms with E-state index >= 15 is 0 Å². The van der Waals surface area contributed by atoms with Gasteiger partial charge in [-0.25, -0.2) is 4.98 Å². The maximum absolute atomic E-state index is 12.2. The third kappa shape index (κ3) is 2.57. The number of hydrogen-bond acceptors (Lipinski definition) is 2. The van der Waals surface area contributed by atoms with E-state index < -0.39 is 0 Å². The van der Waals surface area contributed by atoms with Gasteiger partial charge >= 0.3 is 0 Å². The fraction of sp³-hybridized carbons (Fsp3) is 0.176. The highest BCUT2D eigenvalue weighted by Crippen LogP contribution is 2.39. The first-order valence-corrected chi connectivity index (χ1v) is 7.63. The van der Waals surface area contributed by atoms with E-state index in [0.717, 1.165) is 22.5 Å². The second-order valence-electron chi connectivity index (χ2n) is 5.59. The van der Waals surface area contributed by atoms with Crippen LogP contribution in [0.4, 0.5) is 5.69 Å². The molecule has 3 aromatic rings. The van der Waals surface area contributed by atoms with Crippen LogP contribution in [0.25, 0.3) is 11.0 Å². The van der Waals surface area contributed by atoms with E-state index in [1.807, 2.05) is 18.2 Å². The minimum Gasteiger partial charge on any atom is -0.342 e. The summed E-state index contributed by atoms with van der Waals surface area (Å²) in [6.45, 7) is 0. The van der Waals surface area contributed by atoms with Crippen molar-refractivity contribution in [2.24, 2.45) is 0 Å². The average molecular weight is 312 g/mol. The Balaban J connectivity index is 1.58. The highest BCUT2D eigenvalue weighted by molar-refractivity contribution is 6.30. The highest BCUT2D eigenvalue weighted by atomic mass is 35.5. The normalized spacial score (nSPS) is 14.2. The summed E-state index contributed by atoms with van der Waals surface area (Å²) in [6.07, 6.45) is 2.42. The van der Waals surface area contributed by atoms with Gasteiger partial charge in [0.25, 0.3) is 5.91 Å². The lowest BCUT2D eigenvalue weighted by Crippen LogP contribution is -2.11. The number of anilines is 1. The topological polar surface area (TPSA) is 57.8 Å². The maximum Gasteiger partial charge on any atom is 0.255 e. The molecule has 0 saturated heterocycles. The van der Waals surface area contributed by atoms with E-state index in [0.29, 0.717) is 16.5 Å². The van der Waals surface area contributed by atoms with Crippen molar-refractivity contribution in [2.45, 2.75) is 18.8 Å². The molecule has 2 aromatic carbocycles. The van der Waals surface area contributed by atoms with Gasteiger partial charge in [0.05, 0.1) is 11.0 Å². The smallest absolute Gasteiger partial charge is 0.255 e. The zero-order valence-electron chi connectivity index (χ0n) is 11.8. The number of benzene rings is 2. The standard InChI is InChI=1S/C17H14ClN3O/c18-12-5-3-11(4-6-12)17(22)19-13-7-8-14-15(9-13)21-16(20-14)10-1-2-10/h3-10H,1-2H2,(H,19,22)(H,20,21). The van der Waals surface area contributed by atoms with Crippen molar-refractivity contribution >= 4 is 34.2 Å². The van der Waals surface area contributed by atoms with Crippen LogP contribution in [0, 0.1) is 0 Å². The minimum absolute atomic E-state index is 0.155. The molecule has 22 heavy (non-hydrogen) atoms. The summed E-state index contributed by atoms with van der Waals surface area (Å²) in [5, 5.41) is 3.51. The molecule has 1 heterocycles. The molecular weight excluding hydrogens is 298 g/mol. The molecule has 0 radical (unpaired) electrons. The van der Waals surface area contributed by atoms with Crippen LogP contribution in [-0.2, 0) is 0 Å². The van der Waals surface area contributed by atoms with Gasteiger partial charge in [0, 0.05) is 22.2 Å². The number of aromatic amines is 1. The van der Waals surface area contributed by atoms with Gasteiger partial charge in [-0.3, -0.25) is 4.79 Å². The molecule has 1 aliphatic carbocycles. The predicted octanol–water partition coefficient (Wildman–Crippen LogP) is 4.35. The SMILES string of the molecule is O=C(Nc1ccc2nc(C3CC3)[nH]c2c1)c1ccc(Cl)cc1. The van der Waals surface area contributed by atoms with Gasteiger partial charge in [0.2, 0.25) is 0 Å². The molecular formula is C17H14ClN3O. The molecule has 4 rings (SSSR count). The average Bonchev–Trinajstić information content (AvgIpc) is 3.28. The molecule has 110 valence electrons. The van der Waals surface area contributed by atoms with E-state index in [1.54, 1.807) is 24.3 Å². The van der Waals surface area contributed by atoms with Crippen LogP contribution in [0.1, 0.15) is 34.9 Å². The van der Waals surface area contributed by atoms with Gasteiger partial charge in [-0.15, -0.1) is 0 Å². The van der Waals surface area contributed by atoms with E-state index in [2.05, 4.69) is 15.3 Å². The third-order valence-corrected chi connectivity index (χ3v) is 4.08. The Morgan fingerprint density at radius 3 is 2.68 bits per heavy atom. The van der Waals surface area contributed by atoms with Crippen LogP contribution in [0.5, 0.6) is 0 Å². The first-order chi connectivity index (χ1) is 10.7. The van der Waals surface area contributed by atoms with Crippen LogP contribution >= 0.6 is 11.6 Å². The van der Waals surface area contributed by atoms with Crippen LogP contribution in [0.3, 0.4) is 0 Å². The maximum atomic E-state index is 12.2. The third-order valence-electron chi connectivity index (χ3n) is 3.83. The summed E-state index contributed by atoms with van der Waals surface area (Å²) in [7, 11) is 0. The Kier molecular flexibility index (Phi) is 3.12. The van der Waals surface area contributed by atoms with Crippen molar-refractivity contribution in [3.05, 3.63) is 58.9 Å². The molecule has 1 aromatic heterocycles. The predicted molar refractivity (Wildman–Crippen MR) is 87.5 cm³/mol. The van der Waals surface area contributed by atoms with Crippen LogP contribution in [-0.4, -0.2) is 15.9 Å². The summed E-state index contributed by atoms with van der Waals surface area (Å²) in [6, 6.07) is 12.5. The number of imidazole rings is 1. The number of hydrogen-bond donors (Lipinski definition) is 2. The Bertz CT molecular complexity index is 850. The number of amides is 1. The number of halogens is 1. The number of H-pyrrole nitrogens is 1. The lowest BCUT2D eigenvalue weighted by molar-refractivity contribution is 0.102. The van der Waals surface area contributed by atoms with E-state index in [9.17, 15) is 4.79 Å². The Morgan fingerprint density at radius 1 is 1.18 bits per heavy atom. The Morgan fingerprint density at radius 2 is 1.95 bits per heavy atom. The number of carbonyl (C=O) groups is 1. The quantitative estimate of drug-likeness (QED) is 0.755. The fourth-order valence-corrected chi connectivity index (χ4v) is 2.59. The van der Waals surface area contributed by atoms with Crippen LogP contribution < -0.4 is 5.32 Å². The summed E-state index contributed by atoms with van der Waals surface area (Å²) >= 11 is 5.83. The van der Waals surface area contributed by atoms with Gasteiger partial charge in [0.1, 0.15) is 5.82 Å². The second-order valence-corrected chi connectivity index (χ2v) is 6.03. The molecule has 0 unspecified atom stereocenters. The number of nitrogens with one attached hydrogen (secondary N) is 2. The van der Waals surface area contributed by atoms with Gasteiger partial charge in [0.15, 0.2) is 0 Å². The highest BCUT2D eigenvalue weighted by Gasteiger charge is 2.26. The molecule has 0 atom stereocenters. The molecule has 0 aliphatic heterocycles. The van der Waals surface area contributed by atoms with E-state index in [1.165, 1.54) is 12.8 Å². The molecule has 5 heteroatoms. The largest absolute Gasteiger partial charge is 0.342 e. The number of nitrogens with zero attached hydrogens (tertiary/aromatic N) is 1. The lowest BCUT2D eigenvalue weighted by atomic mass is 10.2. The van der Waals surface area contributed by atoms with Crippen molar-refractivity contribution < 1.29 is 4.79 Å². The van der Waals surface area contributed by atoms with Gasteiger partial charge in [-0.2, -0.15) is 0 Å². The van der Waals surface area contributed by atoms with Gasteiger partial charge in [-0.05, 0) is 55.3 Å². The molecule has 0 bridgehead atoms. The zero-order chi connectivity index (χ0) is 15.1. The molecule has 1 fully saturated rings. The number of rotatable bonds is 3. The molecule has 0 spiro atoms. The Hall–Kier alpha value is -2.33. The van der Waals surface area contributed by atoms with Crippen LogP contribution in [0.2, 0.25) is 5.02 Å². The van der Waals surface area contributed by atoms with E-state index in [4.69, 9.17) is 11.6 Å². The van der Waals surface area contributed by atoms with Crippen molar-refractivity contribution in [3.8, 4) is 0 Å². The molecule has 1 aliphatic rings. The molecule has 1 saturated carbocycles. The zero-order valence-corrected chi connectivity index (χ0v) is 12.5. The minimum atomic E-state index is -0.155. The molecule has 2 N–H and O–H groups in total. The second kappa shape index (κ2) is 5.14. The monoisotopic (exact) mass is 311 g/mol. The van der Waals surface area contributed by atoms with Crippen molar-refractivity contribution in [3.63, 3.8) is 0 Å². The summed E-state index contributed by atoms with van der Waals surface area (Å²) in [5.41, 5.74) is 3.22. The van der Waals surface area contributed by atoms with Crippen molar-refractivity contribution in [2.75, 3.05) is 5.32 Å². The van der Waals surface area contributed by atoms with Gasteiger partial charge < -0.3 is 10.3 Å². The van der Waals surface area contributed by atoms with Crippen molar-refractivity contribution in [1.82, 2.24) is 9.97 Å². The summed E-state index contributed by atoms with van der Waals surface area (Å²) in [5.74, 6) is 1.48. The van der Waals surface area contributed by atoms with Crippen LogP contribution in [0.15, 0.2) is 42.5 Å². The number of carbonyl (C=O) groups excluding carboxylic acids is 1. The van der Waals surface area contributed by atoms with Gasteiger partial charge in [-0.1, -0.05) is 11.6 Å². The van der Waals surface area contributed by atoms with E-state index in [-0.39, 0.29) is 5.91 Å². The fourth-order valence-electron chi connectivity index (χ4n) is 2.46. The Labute approximate surface area is 132 Å².